The monoisotopic (exact) mass is 269 g/mol. The molecule has 1 unspecified atom stereocenters. The van der Waals surface area contributed by atoms with Crippen molar-refractivity contribution in [3.05, 3.63) is 16.1 Å². The number of rotatable bonds is 1. The number of aryl methyl sites for hydroxylation is 1. The summed E-state index contributed by atoms with van der Waals surface area (Å²) in [6.45, 7) is 2.27. The molecule has 3 heterocycles. The van der Waals surface area contributed by atoms with Gasteiger partial charge in [0.1, 0.15) is 10.4 Å². The van der Waals surface area contributed by atoms with E-state index in [1.54, 1.807) is 0 Å². The van der Waals surface area contributed by atoms with E-state index in [4.69, 9.17) is 4.98 Å². The SMILES string of the molecule is Brc1c(C2CCCN2)nc2n1CCCC2. The van der Waals surface area contributed by atoms with E-state index in [-0.39, 0.29) is 0 Å². The van der Waals surface area contributed by atoms with E-state index in [0.29, 0.717) is 6.04 Å². The standard InChI is InChI=1S/C11H16BrN3/c12-11-10(8-4-3-6-13-8)14-9-5-1-2-7-15(9)11/h8,13H,1-7H2. The zero-order valence-electron chi connectivity index (χ0n) is 8.80. The molecule has 0 aliphatic carbocycles. The molecule has 0 radical (unpaired) electrons. The average molecular weight is 270 g/mol. The van der Waals surface area contributed by atoms with E-state index in [1.165, 1.54) is 41.8 Å². The van der Waals surface area contributed by atoms with Gasteiger partial charge in [-0.3, -0.25) is 0 Å². The van der Waals surface area contributed by atoms with Gasteiger partial charge in [0.15, 0.2) is 0 Å². The Morgan fingerprint density at radius 2 is 2.27 bits per heavy atom. The van der Waals surface area contributed by atoms with Crippen LogP contribution in [0.5, 0.6) is 0 Å². The summed E-state index contributed by atoms with van der Waals surface area (Å²) in [5.74, 6) is 1.27. The molecule has 1 N–H and O–H groups in total. The molecule has 0 bridgehead atoms. The van der Waals surface area contributed by atoms with Gasteiger partial charge in [-0.2, -0.15) is 0 Å². The molecule has 4 heteroatoms. The molecule has 2 aliphatic rings. The Hall–Kier alpha value is -0.350. The molecular weight excluding hydrogens is 254 g/mol. The first kappa shape index (κ1) is 9.85. The Morgan fingerprint density at radius 1 is 1.33 bits per heavy atom. The van der Waals surface area contributed by atoms with Gasteiger partial charge in [0.05, 0.1) is 11.7 Å². The van der Waals surface area contributed by atoms with Crippen LogP contribution in [0.4, 0.5) is 0 Å². The van der Waals surface area contributed by atoms with Crippen LogP contribution < -0.4 is 5.32 Å². The number of imidazole rings is 1. The van der Waals surface area contributed by atoms with Crippen LogP contribution in [-0.4, -0.2) is 16.1 Å². The van der Waals surface area contributed by atoms with Crippen LogP contribution in [0.1, 0.15) is 43.2 Å². The lowest BCUT2D eigenvalue weighted by molar-refractivity contribution is 0.516. The van der Waals surface area contributed by atoms with E-state index in [2.05, 4.69) is 25.8 Å². The van der Waals surface area contributed by atoms with E-state index < -0.39 is 0 Å². The number of hydrogen-bond donors (Lipinski definition) is 1. The highest BCUT2D eigenvalue weighted by Gasteiger charge is 2.25. The molecule has 2 aliphatic heterocycles. The molecule has 1 aromatic heterocycles. The Morgan fingerprint density at radius 3 is 3.00 bits per heavy atom. The van der Waals surface area contributed by atoms with E-state index in [9.17, 15) is 0 Å². The fraction of sp³-hybridized carbons (Fsp3) is 0.727. The normalized spacial score (nSPS) is 25.5. The Kier molecular flexibility index (Phi) is 2.56. The molecule has 0 aromatic carbocycles. The second-order valence-electron chi connectivity index (χ2n) is 4.46. The van der Waals surface area contributed by atoms with Crippen molar-refractivity contribution in [1.29, 1.82) is 0 Å². The summed E-state index contributed by atoms with van der Waals surface area (Å²) < 4.78 is 3.57. The first-order valence-corrected chi connectivity index (χ1v) is 6.64. The lowest BCUT2D eigenvalue weighted by Gasteiger charge is -2.14. The summed E-state index contributed by atoms with van der Waals surface area (Å²) in [5.41, 5.74) is 1.24. The van der Waals surface area contributed by atoms with Gasteiger partial charge in [0.25, 0.3) is 0 Å². The first-order valence-electron chi connectivity index (χ1n) is 5.84. The van der Waals surface area contributed by atoms with Gasteiger partial charge in [0, 0.05) is 13.0 Å². The third-order valence-corrected chi connectivity index (χ3v) is 4.27. The summed E-state index contributed by atoms with van der Waals surface area (Å²) in [6.07, 6.45) is 6.24. The molecule has 0 spiro atoms. The number of aromatic nitrogens is 2. The average Bonchev–Trinajstić information content (AvgIpc) is 2.87. The van der Waals surface area contributed by atoms with Crippen LogP contribution in [-0.2, 0) is 13.0 Å². The predicted molar refractivity (Wildman–Crippen MR) is 62.8 cm³/mol. The Labute approximate surface area is 98.4 Å². The van der Waals surface area contributed by atoms with Crippen molar-refractivity contribution in [3.8, 4) is 0 Å². The molecule has 15 heavy (non-hydrogen) atoms. The number of hydrogen-bond acceptors (Lipinski definition) is 2. The minimum absolute atomic E-state index is 0.484. The lowest BCUT2D eigenvalue weighted by atomic mass is 10.2. The van der Waals surface area contributed by atoms with E-state index in [0.717, 1.165) is 19.5 Å². The van der Waals surface area contributed by atoms with Crippen LogP contribution >= 0.6 is 15.9 Å². The third-order valence-electron chi connectivity index (χ3n) is 3.43. The summed E-state index contributed by atoms with van der Waals surface area (Å²) in [6, 6.07) is 0.484. The van der Waals surface area contributed by atoms with Crippen molar-refractivity contribution in [2.75, 3.05) is 6.54 Å². The van der Waals surface area contributed by atoms with Crippen molar-refractivity contribution >= 4 is 15.9 Å². The van der Waals surface area contributed by atoms with Crippen LogP contribution in [0.25, 0.3) is 0 Å². The van der Waals surface area contributed by atoms with E-state index in [1.807, 2.05) is 0 Å². The molecule has 1 atom stereocenters. The fourth-order valence-corrected chi connectivity index (χ4v) is 3.35. The second kappa shape index (κ2) is 3.91. The van der Waals surface area contributed by atoms with Crippen LogP contribution in [0, 0.1) is 0 Å². The van der Waals surface area contributed by atoms with Gasteiger partial charge in [-0.25, -0.2) is 4.98 Å². The minimum atomic E-state index is 0.484. The fourth-order valence-electron chi connectivity index (χ4n) is 2.61. The number of nitrogens with one attached hydrogen (secondary N) is 1. The zero-order valence-corrected chi connectivity index (χ0v) is 10.4. The van der Waals surface area contributed by atoms with Crippen molar-refractivity contribution in [2.45, 2.75) is 44.7 Å². The first-order chi connectivity index (χ1) is 7.36. The summed E-state index contributed by atoms with van der Waals surface area (Å²) in [4.78, 5) is 4.79. The zero-order chi connectivity index (χ0) is 10.3. The number of nitrogens with zero attached hydrogens (tertiary/aromatic N) is 2. The molecule has 3 rings (SSSR count). The maximum absolute atomic E-state index is 4.79. The van der Waals surface area contributed by atoms with Gasteiger partial charge >= 0.3 is 0 Å². The van der Waals surface area contributed by atoms with Gasteiger partial charge in [-0.1, -0.05) is 0 Å². The highest BCUT2D eigenvalue weighted by molar-refractivity contribution is 9.10. The molecule has 1 aromatic rings. The minimum Gasteiger partial charge on any atom is -0.322 e. The Bertz CT molecular complexity index is 366. The summed E-state index contributed by atoms with van der Waals surface area (Å²) in [7, 11) is 0. The maximum Gasteiger partial charge on any atom is 0.109 e. The molecule has 1 fully saturated rings. The quantitative estimate of drug-likeness (QED) is 0.849. The van der Waals surface area contributed by atoms with Crippen molar-refractivity contribution in [3.63, 3.8) is 0 Å². The number of halogens is 1. The van der Waals surface area contributed by atoms with Gasteiger partial charge in [0.2, 0.25) is 0 Å². The smallest absolute Gasteiger partial charge is 0.109 e. The Balaban J connectivity index is 1.97. The molecule has 82 valence electrons. The van der Waals surface area contributed by atoms with Crippen LogP contribution in [0.15, 0.2) is 4.60 Å². The summed E-state index contributed by atoms with van der Waals surface area (Å²) >= 11 is 3.71. The second-order valence-corrected chi connectivity index (χ2v) is 5.21. The van der Waals surface area contributed by atoms with Crippen molar-refractivity contribution in [2.24, 2.45) is 0 Å². The van der Waals surface area contributed by atoms with E-state index >= 15 is 0 Å². The largest absolute Gasteiger partial charge is 0.322 e. The third kappa shape index (κ3) is 1.64. The van der Waals surface area contributed by atoms with Gasteiger partial charge < -0.3 is 9.88 Å². The van der Waals surface area contributed by atoms with Crippen molar-refractivity contribution < 1.29 is 0 Å². The highest BCUT2D eigenvalue weighted by atomic mass is 79.9. The summed E-state index contributed by atoms with van der Waals surface area (Å²) in [5, 5.41) is 3.52. The molecular formula is C11H16BrN3. The molecule has 0 saturated carbocycles. The topological polar surface area (TPSA) is 29.9 Å². The lowest BCUT2D eigenvalue weighted by Crippen LogP contribution is -2.13. The van der Waals surface area contributed by atoms with Crippen LogP contribution in [0.2, 0.25) is 0 Å². The maximum atomic E-state index is 4.79. The predicted octanol–water partition coefficient (Wildman–Crippen LogP) is 2.41. The molecule has 3 nitrogen and oxygen atoms in total. The molecule has 1 saturated heterocycles. The van der Waals surface area contributed by atoms with Gasteiger partial charge in [-0.15, -0.1) is 0 Å². The highest BCUT2D eigenvalue weighted by Crippen LogP contribution is 2.31. The van der Waals surface area contributed by atoms with Crippen LogP contribution in [0.3, 0.4) is 0 Å². The molecule has 0 amide bonds. The number of fused-ring (bicyclic) bond motifs is 1. The van der Waals surface area contributed by atoms with Crippen molar-refractivity contribution in [1.82, 2.24) is 14.9 Å². The van der Waals surface area contributed by atoms with Gasteiger partial charge in [-0.05, 0) is 48.2 Å².